The summed E-state index contributed by atoms with van der Waals surface area (Å²) in [4.78, 5) is 12.3. The number of hydrogen-bond donors (Lipinski definition) is 3. The maximum Gasteiger partial charge on any atom is 0.103 e. The second-order valence-electron chi connectivity index (χ2n) is 9.48. The number of aryl methyl sites for hydroxylation is 1. The summed E-state index contributed by atoms with van der Waals surface area (Å²) >= 11 is 0. The highest BCUT2D eigenvalue weighted by atomic mass is 16.3. The molecule has 2 aromatic heterocycles. The van der Waals surface area contributed by atoms with E-state index >= 15 is 0 Å². The predicted molar refractivity (Wildman–Crippen MR) is 149 cm³/mol. The number of aromatic amines is 1. The van der Waals surface area contributed by atoms with E-state index in [1.54, 1.807) is 12.4 Å². The van der Waals surface area contributed by atoms with Gasteiger partial charge in [-0.1, -0.05) is 36.4 Å². The highest BCUT2D eigenvalue weighted by Gasteiger charge is 2.16. The van der Waals surface area contributed by atoms with Crippen LogP contribution in [0, 0.1) is 18.3 Å². The monoisotopic (exact) mass is 492 g/mol. The third-order valence-corrected chi connectivity index (χ3v) is 7.08. The molecule has 0 aliphatic carbocycles. The van der Waals surface area contributed by atoms with Gasteiger partial charge in [0.2, 0.25) is 0 Å². The number of rotatable bonds is 8. The summed E-state index contributed by atoms with van der Waals surface area (Å²) in [6, 6.07) is 17.0. The molecule has 0 bridgehead atoms. The molecule has 5 rings (SSSR count). The third kappa shape index (κ3) is 5.73. The van der Waals surface area contributed by atoms with Crippen LogP contribution in [0.15, 0.2) is 61.1 Å². The first-order valence-electron chi connectivity index (χ1n) is 12.7. The molecule has 3 heterocycles. The smallest absolute Gasteiger partial charge is 0.103 e. The Morgan fingerprint density at radius 2 is 1.81 bits per heavy atom. The SMILES string of the molecule is Cc1c(Nc2c(C#N)cncc2/C=C/c2ccc(CN3CCN(CCO)CC3)cc2)ccc2[nH]ccc12. The minimum Gasteiger partial charge on any atom is -0.395 e. The van der Waals surface area contributed by atoms with Crippen LogP contribution in [0.1, 0.15) is 27.8 Å². The minimum atomic E-state index is 0.229. The molecule has 1 aliphatic rings. The lowest BCUT2D eigenvalue weighted by molar-refractivity contribution is 0.108. The first-order chi connectivity index (χ1) is 18.1. The molecule has 0 radical (unpaired) electrons. The number of H-pyrrole nitrogens is 1. The summed E-state index contributed by atoms with van der Waals surface area (Å²) in [5.74, 6) is 0. The van der Waals surface area contributed by atoms with Gasteiger partial charge in [0.1, 0.15) is 6.07 Å². The Kier molecular flexibility index (Phi) is 7.62. The van der Waals surface area contributed by atoms with Gasteiger partial charge < -0.3 is 15.4 Å². The Labute approximate surface area is 217 Å². The van der Waals surface area contributed by atoms with Crippen LogP contribution < -0.4 is 5.32 Å². The summed E-state index contributed by atoms with van der Waals surface area (Å²) in [6.45, 7) is 8.07. The summed E-state index contributed by atoms with van der Waals surface area (Å²) in [5, 5.41) is 23.5. The van der Waals surface area contributed by atoms with Crippen molar-refractivity contribution < 1.29 is 5.11 Å². The van der Waals surface area contributed by atoms with Crippen LogP contribution in [0.2, 0.25) is 0 Å². The number of nitrogens with one attached hydrogen (secondary N) is 2. The Balaban J connectivity index is 1.30. The number of nitriles is 1. The van der Waals surface area contributed by atoms with Crippen molar-refractivity contribution in [3.8, 4) is 6.07 Å². The second kappa shape index (κ2) is 11.4. The lowest BCUT2D eigenvalue weighted by Crippen LogP contribution is -2.46. The number of fused-ring (bicyclic) bond motifs is 1. The molecule has 0 unspecified atom stereocenters. The van der Waals surface area contributed by atoms with Crippen LogP contribution in [0.4, 0.5) is 11.4 Å². The van der Waals surface area contributed by atoms with Crippen molar-refractivity contribution in [3.63, 3.8) is 0 Å². The number of nitrogens with zero attached hydrogens (tertiary/aromatic N) is 4. The van der Waals surface area contributed by atoms with E-state index in [2.05, 4.69) is 74.5 Å². The molecule has 0 saturated carbocycles. The number of piperazine rings is 1. The highest BCUT2D eigenvalue weighted by molar-refractivity contribution is 5.90. The maximum absolute atomic E-state index is 9.74. The van der Waals surface area contributed by atoms with Crippen LogP contribution in [-0.2, 0) is 6.54 Å². The fourth-order valence-electron chi connectivity index (χ4n) is 4.87. The van der Waals surface area contributed by atoms with Gasteiger partial charge in [0.25, 0.3) is 0 Å². The van der Waals surface area contributed by atoms with Gasteiger partial charge in [-0.15, -0.1) is 0 Å². The fourth-order valence-corrected chi connectivity index (χ4v) is 4.87. The molecule has 1 aliphatic heterocycles. The molecule has 0 amide bonds. The quantitative estimate of drug-likeness (QED) is 0.328. The Hall–Kier alpha value is -3.96. The average Bonchev–Trinajstić information content (AvgIpc) is 3.41. The molecular formula is C30H32N6O. The lowest BCUT2D eigenvalue weighted by atomic mass is 10.1. The number of aliphatic hydroxyl groups excluding tert-OH is 1. The normalized spacial score (nSPS) is 14.8. The standard InChI is InChI=1S/C30H32N6O/c1-22-27-10-11-33-29(27)9-8-28(22)34-30-25(19-32-20-26(30)18-31)7-6-23-2-4-24(5-3-23)21-36-14-12-35(13-15-36)16-17-37/h2-11,19-20,33,37H,12-17,21H2,1H3,(H,32,34)/b7-6+. The molecule has 37 heavy (non-hydrogen) atoms. The zero-order valence-electron chi connectivity index (χ0n) is 21.1. The summed E-state index contributed by atoms with van der Waals surface area (Å²) in [6.07, 6.45) is 9.39. The number of aliphatic hydroxyl groups is 1. The van der Waals surface area contributed by atoms with Gasteiger partial charge >= 0.3 is 0 Å². The van der Waals surface area contributed by atoms with Gasteiger partial charge in [-0.25, -0.2) is 0 Å². The molecule has 7 nitrogen and oxygen atoms in total. The number of β-amino-alcohol motifs (C(OH)–C–C–N with tert-alkyl or cyclic N) is 1. The fraction of sp³-hybridized carbons (Fsp3) is 0.267. The van der Waals surface area contributed by atoms with Gasteiger partial charge in [0.05, 0.1) is 17.9 Å². The van der Waals surface area contributed by atoms with E-state index in [-0.39, 0.29) is 6.61 Å². The topological polar surface area (TPSA) is 91.2 Å². The van der Waals surface area contributed by atoms with Gasteiger partial charge in [0, 0.05) is 80.0 Å². The molecule has 188 valence electrons. The van der Waals surface area contributed by atoms with Crippen molar-refractivity contribution in [2.75, 3.05) is 44.6 Å². The summed E-state index contributed by atoms with van der Waals surface area (Å²) in [7, 11) is 0. The van der Waals surface area contributed by atoms with E-state index in [1.165, 1.54) is 5.56 Å². The van der Waals surface area contributed by atoms with Crippen molar-refractivity contribution in [3.05, 3.63) is 88.9 Å². The number of benzene rings is 2. The van der Waals surface area contributed by atoms with Crippen LogP contribution in [0.5, 0.6) is 0 Å². The molecule has 1 fully saturated rings. The third-order valence-electron chi connectivity index (χ3n) is 7.08. The van der Waals surface area contributed by atoms with Gasteiger partial charge in [0.15, 0.2) is 0 Å². The number of hydrogen-bond acceptors (Lipinski definition) is 6. The van der Waals surface area contributed by atoms with Gasteiger partial charge in [-0.3, -0.25) is 14.8 Å². The molecule has 0 spiro atoms. The largest absolute Gasteiger partial charge is 0.395 e. The average molecular weight is 493 g/mol. The molecular weight excluding hydrogens is 460 g/mol. The van der Waals surface area contributed by atoms with Crippen LogP contribution in [-0.4, -0.2) is 64.2 Å². The van der Waals surface area contributed by atoms with Crippen molar-refractivity contribution in [1.29, 1.82) is 5.26 Å². The molecule has 7 heteroatoms. The predicted octanol–water partition coefficient (Wildman–Crippen LogP) is 4.77. The molecule has 0 atom stereocenters. The number of pyridine rings is 1. The zero-order chi connectivity index (χ0) is 25.6. The van der Waals surface area contributed by atoms with E-state index in [0.717, 1.165) is 78.2 Å². The van der Waals surface area contributed by atoms with Gasteiger partial charge in [-0.2, -0.15) is 5.26 Å². The van der Waals surface area contributed by atoms with E-state index in [9.17, 15) is 5.26 Å². The molecule has 4 aromatic rings. The molecule has 3 N–H and O–H groups in total. The van der Waals surface area contributed by atoms with Crippen molar-refractivity contribution >= 4 is 34.4 Å². The van der Waals surface area contributed by atoms with Crippen molar-refractivity contribution in [1.82, 2.24) is 19.8 Å². The Morgan fingerprint density at radius 3 is 2.57 bits per heavy atom. The Morgan fingerprint density at radius 1 is 1.03 bits per heavy atom. The second-order valence-corrected chi connectivity index (χ2v) is 9.48. The van der Waals surface area contributed by atoms with E-state index in [1.807, 2.05) is 24.4 Å². The highest BCUT2D eigenvalue weighted by Crippen LogP contribution is 2.31. The van der Waals surface area contributed by atoms with Crippen molar-refractivity contribution in [2.24, 2.45) is 0 Å². The van der Waals surface area contributed by atoms with E-state index < -0.39 is 0 Å². The zero-order valence-corrected chi connectivity index (χ0v) is 21.1. The maximum atomic E-state index is 9.74. The van der Waals surface area contributed by atoms with E-state index in [0.29, 0.717) is 5.56 Å². The molecule has 2 aromatic carbocycles. The lowest BCUT2D eigenvalue weighted by Gasteiger charge is -2.34. The minimum absolute atomic E-state index is 0.229. The number of anilines is 2. The van der Waals surface area contributed by atoms with E-state index in [4.69, 9.17) is 5.11 Å². The van der Waals surface area contributed by atoms with Crippen LogP contribution in [0.3, 0.4) is 0 Å². The molecule has 1 saturated heterocycles. The van der Waals surface area contributed by atoms with Gasteiger partial charge in [-0.05, 0) is 41.8 Å². The summed E-state index contributed by atoms with van der Waals surface area (Å²) < 4.78 is 0. The summed E-state index contributed by atoms with van der Waals surface area (Å²) in [5.41, 5.74) is 7.68. The first kappa shape index (κ1) is 24.7. The number of aromatic nitrogens is 2. The Bertz CT molecular complexity index is 1420. The van der Waals surface area contributed by atoms with Crippen molar-refractivity contribution in [2.45, 2.75) is 13.5 Å². The first-order valence-corrected chi connectivity index (χ1v) is 12.7. The van der Waals surface area contributed by atoms with Crippen LogP contribution in [0.25, 0.3) is 23.1 Å². The van der Waals surface area contributed by atoms with Crippen LogP contribution >= 0.6 is 0 Å².